The molecule has 0 fully saturated rings. The first kappa shape index (κ1) is 12.2. The number of aromatic nitrogens is 2. The Morgan fingerprint density at radius 3 is 2.82 bits per heavy atom. The topological polar surface area (TPSA) is 29.9 Å². The lowest BCUT2D eigenvalue weighted by Crippen LogP contribution is -2.12. The first-order valence-electron chi connectivity index (χ1n) is 5.58. The molecule has 0 aliphatic carbocycles. The molecule has 0 saturated carbocycles. The first-order chi connectivity index (χ1) is 8.08. The molecular formula is C13H16BrN3. The highest BCUT2D eigenvalue weighted by Gasteiger charge is 2.11. The molecule has 1 atom stereocenters. The Bertz CT molecular complexity index is 519. The van der Waals surface area contributed by atoms with Crippen LogP contribution in [0, 0.1) is 6.92 Å². The van der Waals surface area contributed by atoms with Crippen molar-refractivity contribution in [3.05, 3.63) is 46.5 Å². The van der Waals surface area contributed by atoms with E-state index in [9.17, 15) is 0 Å². The summed E-state index contributed by atoms with van der Waals surface area (Å²) < 4.78 is 3.10. The predicted molar refractivity (Wildman–Crippen MR) is 74.1 cm³/mol. The van der Waals surface area contributed by atoms with Gasteiger partial charge in [-0.05, 0) is 47.5 Å². The van der Waals surface area contributed by atoms with Crippen LogP contribution >= 0.6 is 15.9 Å². The smallest absolute Gasteiger partial charge is 0.130 e. The summed E-state index contributed by atoms with van der Waals surface area (Å²) in [5.41, 5.74) is 2.34. The van der Waals surface area contributed by atoms with Crippen molar-refractivity contribution < 1.29 is 0 Å². The molecule has 0 amide bonds. The van der Waals surface area contributed by atoms with E-state index in [2.05, 4.69) is 58.3 Å². The molecule has 0 aliphatic rings. The van der Waals surface area contributed by atoms with Crippen LogP contribution in [-0.2, 0) is 7.05 Å². The van der Waals surface area contributed by atoms with Gasteiger partial charge in [0.1, 0.15) is 5.82 Å². The molecule has 1 heterocycles. The van der Waals surface area contributed by atoms with E-state index in [1.165, 1.54) is 5.56 Å². The molecule has 0 spiro atoms. The maximum atomic E-state index is 4.35. The lowest BCUT2D eigenvalue weighted by Gasteiger charge is -2.16. The van der Waals surface area contributed by atoms with E-state index in [0.717, 1.165) is 16.0 Å². The van der Waals surface area contributed by atoms with Gasteiger partial charge in [-0.2, -0.15) is 0 Å². The maximum absolute atomic E-state index is 4.35. The summed E-state index contributed by atoms with van der Waals surface area (Å²) in [7, 11) is 2.01. The third-order valence-electron chi connectivity index (χ3n) is 2.74. The second kappa shape index (κ2) is 4.92. The highest BCUT2D eigenvalue weighted by Crippen LogP contribution is 2.26. The minimum absolute atomic E-state index is 0.174. The molecule has 1 unspecified atom stereocenters. The average Bonchev–Trinajstić information content (AvgIpc) is 2.70. The van der Waals surface area contributed by atoms with Crippen molar-refractivity contribution >= 4 is 21.6 Å². The predicted octanol–water partition coefficient (Wildman–Crippen LogP) is 3.66. The molecule has 17 heavy (non-hydrogen) atoms. The van der Waals surface area contributed by atoms with Crippen LogP contribution in [0.4, 0.5) is 5.69 Å². The normalized spacial score (nSPS) is 12.5. The molecule has 1 aromatic heterocycles. The van der Waals surface area contributed by atoms with Crippen LogP contribution in [0.1, 0.15) is 24.4 Å². The van der Waals surface area contributed by atoms with Crippen LogP contribution in [0.15, 0.2) is 35.1 Å². The van der Waals surface area contributed by atoms with Crippen LogP contribution in [0.25, 0.3) is 0 Å². The maximum Gasteiger partial charge on any atom is 0.130 e. The Morgan fingerprint density at radius 1 is 1.41 bits per heavy atom. The number of hydrogen-bond donors (Lipinski definition) is 1. The van der Waals surface area contributed by atoms with Gasteiger partial charge in [-0.1, -0.05) is 6.07 Å². The number of rotatable bonds is 3. The van der Waals surface area contributed by atoms with Crippen LogP contribution in [0.2, 0.25) is 0 Å². The quantitative estimate of drug-likeness (QED) is 0.936. The highest BCUT2D eigenvalue weighted by atomic mass is 79.9. The van der Waals surface area contributed by atoms with Crippen molar-refractivity contribution in [3.8, 4) is 0 Å². The summed E-state index contributed by atoms with van der Waals surface area (Å²) in [5.74, 6) is 1.03. The van der Waals surface area contributed by atoms with Crippen LogP contribution < -0.4 is 5.32 Å². The largest absolute Gasteiger partial charge is 0.374 e. The number of hydrogen-bond acceptors (Lipinski definition) is 2. The van der Waals surface area contributed by atoms with Crippen molar-refractivity contribution in [2.75, 3.05) is 5.32 Å². The van der Waals surface area contributed by atoms with E-state index in [0.29, 0.717) is 0 Å². The zero-order chi connectivity index (χ0) is 12.4. The summed E-state index contributed by atoms with van der Waals surface area (Å²) in [6, 6.07) is 6.45. The van der Waals surface area contributed by atoms with Gasteiger partial charge < -0.3 is 9.88 Å². The van der Waals surface area contributed by atoms with Crippen molar-refractivity contribution in [1.29, 1.82) is 0 Å². The molecule has 0 aliphatic heterocycles. The fraction of sp³-hybridized carbons (Fsp3) is 0.308. The second-order valence-corrected chi connectivity index (χ2v) is 5.10. The Labute approximate surface area is 110 Å². The van der Waals surface area contributed by atoms with Gasteiger partial charge in [-0.25, -0.2) is 4.98 Å². The molecule has 2 aromatic rings. The Hall–Kier alpha value is -1.29. The highest BCUT2D eigenvalue weighted by molar-refractivity contribution is 9.10. The number of benzene rings is 1. The third-order valence-corrected chi connectivity index (χ3v) is 3.43. The van der Waals surface area contributed by atoms with Gasteiger partial charge in [-0.15, -0.1) is 0 Å². The van der Waals surface area contributed by atoms with E-state index >= 15 is 0 Å². The van der Waals surface area contributed by atoms with Gasteiger partial charge >= 0.3 is 0 Å². The van der Waals surface area contributed by atoms with Crippen molar-refractivity contribution in [2.45, 2.75) is 19.9 Å². The zero-order valence-electron chi connectivity index (χ0n) is 10.2. The molecule has 3 nitrogen and oxygen atoms in total. The number of nitrogens with one attached hydrogen (secondary N) is 1. The van der Waals surface area contributed by atoms with E-state index in [1.54, 1.807) is 0 Å². The molecule has 0 saturated heterocycles. The molecular weight excluding hydrogens is 278 g/mol. The Kier molecular flexibility index (Phi) is 3.52. The van der Waals surface area contributed by atoms with Gasteiger partial charge in [0, 0.05) is 29.6 Å². The molecule has 1 N–H and O–H groups in total. The number of imidazole rings is 1. The van der Waals surface area contributed by atoms with Gasteiger partial charge in [0.15, 0.2) is 0 Å². The number of halogens is 1. The van der Waals surface area contributed by atoms with Crippen molar-refractivity contribution in [3.63, 3.8) is 0 Å². The molecule has 0 bridgehead atoms. The number of anilines is 1. The minimum atomic E-state index is 0.174. The lowest BCUT2D eigenvalue weighted by atomic mass is 10.2. The van der Waals surface area contributed by atoms with Crippen molar-refractivity contribution in [1.82, 2.24) is 9.55 Å². The second-order valence-electron chi connectivity index (χ2n) is 4.25. The fourth-order valence-corrected chi connectivity index (χ4v) is 2.20. The fourth-order valence-electron chi connectivity index (χ4n) is 1.84. The molecule has 4 heteroatoms. The minimum Gasteiger partial charge on any atom is -0.374 e. The molecule has 90 valence electrons. The lowest BCUT2D eigenvalue weighted by molar-refractivity contribution is 0.721. The Balaban J connectivity index is 2.21. The monoisotopic (exact) mass is 293 g/mol. The van der Waals surface area contributed by atoms with E-state index in [4.69, 9.17) is 0 Å². The molecule has 0 radical (unpaired) electrons. The standard InChI is InChI=1S/C13H16BrN3/c1-9-4-5-11(14)12(8-9)16-10(2)13-15-6-7-17(13)3/h4-8,10,16H,1-3H3. The summed E-state index contributed by atoms with van der Waals surface area (Å²) in [6.07, 6.45) is 3.78. The number of aryl methyl sites for hydroxylation is 2. The Morgan fingerprint density at radius 2 is 2.18 bits per heavy atom. The summed E-state index contributed by atoms with van der Waals surface area (Å²) in [6.45, 7) is 4.19. The molecule has 1 aromatic carbocycles. The summed E-state index contributed by atoms with van der Waals surface area (Å²) in [4.78, 5) is 4.35. The SMILES string of the molecule is Cc1ccc(Br)c(NC(C)c2nccn2C)c1. The third kappa shape index (κ3) is 2.69. The van der Waals surface area contributed by atoms with Gasteiger partial charge in [0.25, 0.3) is 0 Å². The first-order valence-corrected chi connectivity index (χ1v) is 6.37. The zero-order valence-corrected chi connectivity index (χ0v) is 11.8. The van der Waals surface area contributed by atoms with Crippen LogP contribution in [0.3, 0.4) is 0 Å². The van der Waals surface area contributed by atoms with Crippen LogP contribution in [0.5, 0.6) is 0 Å². The summed E-state index contributed by atoms with van der Waals surface area (Å²) in [5, 5.41) is 3.46. The van der Waals surface area contributed by atoms with Gasteiger partial charge in [-0.3, -0.25) is 0 Å². The van der Waals surface area contributed by atoms with Gasteiger partial charge in [0.2, 0.25) is 0 Å². The van der Waals surface area contributed by atoms with Crippen LogP contribution in [-0.4, -0.2) is 9.55 Å². The van der Waals surface area contributed by atoms with E-state index in [1.807, 2.05) is 24.0 Å². The number of nitrogens with zero attached hydrogens (tertiary/aromatic N) is 2. The van der Waals surface area contributed by atoms with Crippen molar-refractivity contribution in [2.24, 2.45) is 7.05 Å². The van der Waals surface area contributed by atoms with Gasteiger partial charge in [0.05, 0.1) is 6.04 Å². The van der Waals surface area contributed by atoms with E-state index in [-0.39, 0.29) is 6.04 Å². The average molecular weight is 294 g/mol. The summed E-state index contributed by atoms with van der Waals surface area (Å²) >= 11 is 3.55. The van der Waals surface area contributed by atoms with E-state index < -0.39 is 0 Å². The molecule has 2 rings (SSSR count).